The van der Waals surface area contributed by atoms with Crippen molar-refractivity contribution in [3.63, 3.8) is 0 Å². The molecular formula is C22H25N3O4. The van der Waals surface area contributed by atoms with Crippen LogP contribution in [0.25, 0.3) is 0 Å². The highest BCUT2D eigenvalue weighted by atomic mass is 16.6. The van der Waals surface area contributed by atoms with Gasteiger partial charge in [0.25, 0.3) is 5.69 Å². The molecule has 0 N–H and O–H groups in total. The molecule has 2 saturated heterocycles. The van der Waals surface area contributed by atoms with E-state index >= 15 is 0 Å². The molecule has 1 saturated carbocycles. The van der Waals surface area contributed by atoms with Crippen molar-refractivity contribution >= 4 is 28.9 Å². The summed E-state index contributed by atoms with van der Waals surface area (Å²) >= 11 is 0. The molecule has 2 aliphatic heterocycles. The fourth-order valence-corrected chi connectivity index (χ4v) is 6.08. The predicted molar refractivity (Wildman–Crippen MR) is 108 cm³/mol. The Morgan fingerprint density at radius 1 is 0.966 bits per heavy atom. The van der Waals surface area contributed by atoms with Crippen molar-refractivity contribution in [2.45, 2.75) is 26.7 Å². The van der Waals surface area contributed by atoms with E-state index in [0.29, 0.717) is 23.2 Å². The molecule has 2 bridgehead atoms. The second kappa shape index (κ2) is 6.40. The molecule has 0 unspecified atom stereocenters. The summed E-state index contributed by atoms with van der Waals surface area (Å²) in [4.78, 5) is 40.8. The van der Waals surface area contributed by atoms with Crippen LogP contribution in [0.5, 0.6) is 0 Å². The lowest BCUT2D eigenvalue weighted by atomic mass is 9.85. The van der Waals surface area contributed by atoms with Gasteiger partial charge in [-0.15, -0.1) is 0 Å². The van der Waals surface area contributed by atoms with E-state index < -0.39 is 4.92 Å². The van der Waals surface area contributed by atoms with Crippen LogP contribution in [0.4, 0.5) is 17.1 Å². The third-order valence-corrected chi connectivity index (χ3v) is 7.09. The Hall–Kier alpha value is -2.70. The minimum absolute atomic E-state index is 0.0393. The van der Waals surface area contributed by atoms with E-state index in [1.54, 1.807) is 12.1 Å². The summed E-state index contributed by atoms with van der Waals surface area (Å²) in [5.41, 5.74) is 0.850. The minimum atomic E-state index is -0.403. The zero-order valence-corrected chi connectivity index (χ0v) is 16.7. The standard InChI is InChI=1S/C22H25N3O4/c1-12-7-13(2)11-23(10-12)17-6-5-16(9-18(17)25(28)29)24-21(26)19-14-3-4-15(8-14)20(19)22(24)27/h3-6,9,12-15,19-20H,7-8,10-11H2,1-2H3/t12-,13-,14+,15+,19-,20+/m1/s1. The van der Waals surface area contributed by atoms with E-state index in [1.807, 2.05) is 12.2 Å². The number of allylic oxidation sites excluding steroid dienone is 2. The van der Waals surface area contributed by atoms with Crippen LogP contribution in [-0.4, -0.2) is 29.8 Å². The first-order chi connectivity index (χ1) is 13.8. The SMILES string of the molecule is C[C@@H]1C[C@@H](C)CN(c2ccc(N3C(=O)[C@@H]4[C@H](C3=O)[C@H]3C=C[C@H]4C3)cc2[N+](=O)[O-])C1. The average Bonchev–Trinajstić information content (AvgIpc) is 3.34. The maximum atomic E-state index is 13.0. The number of rotatable bonds is 3. The highest BCUT2D eigenvalue weighted by Crippen LogP contribution is 2.53. The van der Waals surface area contributed by atoms with Crippen molar-refractivity contribution in [2.24, 2.45) is 35.5 Å². The van der Waals surface area contributed by atoms with Gasteiger partial charge in [-0.2, -0.15) is 0 Å². The highest BCUT2D eigenvalue weighted by molar-refractivity contribution is 6.23. The van der Waals surface area contributed by atoms with Crippen LogP contribution in [0.2, 0.25) is 0 Å². The molecular weight excluding hydrogens is 370 g/mol. The number of hydrogen-bond acceptors (Lipinski definition) is 5. The van der Waals surface area contributed by atoms with Crippen LogP contribution < -0.4 is 9.80 Å². The van der Waals surface area contributed by atoms with Crippen molar-refractivity contribution in [3.8, 4) is 0 Å². The molecule has 152 valence electrons. The lowest BCUT2D eigenvalue weighted by molar-refractivity contribution is -0.384. The van der Waals surface area contributed by atoms with Crippen LogP contribution in [0.15, 0.2) is 30.4 Å². The number of carbonyl (C=O) groups excluding carboxylic acids is 2. The highest BCUT2D eigenvalue weighted by Gasteiger charge is 2.59. The van der Waals surface area contributed by atoms with Gasteiger partial charge in [-0.05, 0) is 48.6 Å². The molecule has 29 heavy (non-hydrogen) atoms. The summed E-state index contributed by atoms with van der Waals surface area (Å²) in [5.74, 6) is 0.136. The van der Waals surface area contributed by atoms with E-state index in [4.69, 9.17) is 0 Å². The van der Waals surface area contributed by atoms with Crippen molar-refractivity contribution in [2.75, 3.05) is 22.9 Å². The molecule has 0 radical (unpaired) electrons. The van der Waals surface area contributed by atoms with Gasteiger partial charge in [0.2, 0.25) is 11.8 Å². The van der Waals surface area contributed by atoms with Crippen molar-refractivity contribution in [1.82, 2.24) is 0 Å². The number of nitro benzene ring substituents is 1. The topological polar surface area (TPSA) is 83.8 Å². The number of imide groups is 1. The number of fused-ring (bicyclic) bond motifs is 5. The number of amides is 2. The minimum Gasteiger partial charge on any atom is -0.365 e. The van der Waals surface area contributed by atoms with Gasteiger partial charge in [0, 0.05) is 19.2 Å². The molecule has 7 heteroatoms. The molecule has 2 aliphatic carbocycles. The summed E-state index contributed by atoms with van der Waals surface area (Å²) in [6, 6.07) is 4.81. The monoisotopic (exact) mass is 395 g/mol. The molecule has 0 aromatic heterocycles. The van der Waals surface area contributed by atoms with Crippen LogP contribution in [0.1, 0.15) is 26.7 Å². The number of anilines is 2. The number of benzene rings is 1. The molecule has 0 spiro atoms. The fourth-order valence-electron chi connectivity index (χ4n) is 6.08. The second-order valence-corrected chi connectivity index (χ2v) is 9.29. The van der Waals surface area contributed by atoms with E-state index in [-0.39, 0.29) is 41.2 Å². The maximum Gasteiger partial charge on any atom is 0.294 e. The van der Waals surface area contributed by atoms with Gasteiger partial charge in [0.1, 0.15) is 5.69 Å². The lowest BCUT2D eigenvalue weighted by Gasteiger charge is -2.36. The summed E-state index contributed by atoms with van der Waals surface area (Å²) < 4.78 is 0. The van der Waals surface area contributed by atoms with Gasteiger partial charge < -0.3 is 4.90 Å². The van der Waals surface area contributed by atoms with Crippen molar-refractivity contribution in [1.29, 1.82) is 0 Å². The van der Waals surface area contributed by atoms with Crippen molar-refractivity contribution in [3.05, 3.63) is 40.5 Å². The van der Waals surface area contributed by atoms with Gasteiger partial charge in [-0.25, -0.2) is 4.90 Å². The Morgan fingerprint density at radius 3 is 2.10 bits per heavy atom. The van der Waals surface area contributed by atoms with E-state index in [1.165, 1.54) is 11.0 Å². The number of hydrogen-bond donors (Lipinski definition) is 0. The summed E-state index contributed by atoms with van der Waals surface area (Å²) in [7, 11) is 0. The zero-order chi connectivity index (χ0) is 20.4. The fraction of sp³-hybridized carbons (Fsp3) is 0.545. The van der Waals surface area contributed by atoms with Gasteiger partial charge in [-0.3, -0.25) is 19.7 Å². The second-order valence-electron chi connectivity index (χ2n) is 9.29. The summed E-state index contributed by atoms with van der Waals surface area (Å²) in [5, 5.41) is 11.8. The third kappa shape index (κ3) is 2.70. The van der Waals surface area contributed by atoms with Crippen LogP contribution in [0.3, 0.4) is 0 Å². The van der Waals surface area contributed by atoms with Crippen molar-refractivity contribution < 1.29 is 14.5 Å². The smallest absolute Gasteiger partial charge is 0.294 e. The third-order valence-electron chi connectivity index (χ3n) is 7.09. The van der Waals surface area contributed by atoms with Gasteiger partial charge in [-0.1, -0.05) is 26.0 Å². The first-order valence-corrected chi connectivity index (χ1v) is 10.4. The Kier molecular flexibility index (Phi) is 4.05. The number of carbonyl (C=O) groups is 2. The normalized spacial score (nSPS) is 35.5. The zero-order valence-electron chi connectivity index (χ0n) is 16.7. The summed E-state index contributed by atoms with van der Waals surface area (Å²) in [6.45, 7) is 5.85. The molecule has 6 atom stereocenters. The Balaban J connectivity index is 1.49. The van der Waals surface area contributed by atoms with Crippen LogP contribution in [0, 0.1) is 45.6 Å². The molecule has 1 aromatic carbocycles. The molecule has 1 aromatic rings. The Morgan fingerprint density at radius 2 is 1.55 bits per heavy atom. The van der Waals surface area contributed by atoms with E-state index in [9.17, 15) is 19.7 Å². The molecule has 3 fully saturated rings. The Labute approximate surface area is 169 Å². The summed E-state index contributed by atoms with van der Waals surface area (Å²) in [6.07, 6.45) is 6.07. The van der Waals surface area contributed by atoms with E-state index in [2.05, 4.69) is 18.7 Å². The van der Waals surface area contributed by atoms with Crippen LogP contribution in [-0.2, 0) is 9.59 Å². The molecule has 5 rings (SSSR count). The molecule has 4 aliphatic rings. The lowest BCUT2D eigenvalue weighted by Crippen LogP contribution is -2.39. The number of piperidine rings is 1. The number of nitrogens with zero attached hydrogens (tertiary/aromatic N) is 3. The molecule has 2 heterocycles. The first kappa shape index (κ1) is 18.3. The number of nitro groups is 1. The molecule has 2 amide bonds. The largest absolute Gasteiger partial charge is 0.365 e. The van der Waals surface area contributed by atoms with Gasteiger partial charge in [0.05, 0.1) is 22.4 Å². The van der Waals surface area contributed by atoms with Gasteiger partial charge in [0.15, 0.2) is 0 Å². The Bertz CT molecular complexity index is 902. The van der Waals surface area contributed by atoms with Gasteiger partial charge >= 0.3 is 0 Å². The quantitative estimate of drug-likeness (QED) is 0.339. The maximum absolute atomic E-state index is 13.0. The molecule has 7 nitrogen and oxygen atoms in total. The van der Waals surface area contributed by atoms with E-state index in [0.717, 1.165) is 25.9 Å². The van der Waals surface area contributed by atoms with Crippen LogP contribution >= 0.6 is 0 Å². The predicted octanol–water partition coefficient (Wildman–Crippen LogP) is 3.39. The average molecular weight is 395 g/mol. The first-order valence-electron chi connectivity index (χ1n) is 10.4.